The summed E-state index contributed by atoms with van der Waals surface area (Å²) < 4.78 is 4.75. The standard InChI is InChI=1S/C29H35NO4/c1-21-5-11-24(12-6-21)29(18-3-4-19-29)26(31)15-13-25-14-16-27(32)30(25)20-17-22-7-9-23(10-8-22)28(33)34-2/h5-13,15,25-26,31H,3-4,14,16-20H2,1-2H3/b15-13+/t25-,26?/m0/s1. The van der Waals surface area contributed by atoms with Crippen molar-refractivity contribution in [3.8, 4) is 0 Å². The number of aliphatic hydroxyl groups is 1. The number of ether oxygens (including phenoxy) is 1. The number of amides is 1. The monoisotopic (exact) mass is 461 g/mol. The van der Waals surface area contributed by atoms with Crippen LogP contribution in [0.15, 0.2) is 60.7 Å². The first-order valence-electron chi connectivity index (χ1n) is 12.3. The number of nitrogens with zero attached hydrogens (tertiary/aromatic N) is 1. The van der Waals surface area contributed by atoms with E-state index in [0.717, 1.165) is 37.7 Å². The summed E-state index contributed by atoms with van der Waals surface area (Å²) in [4.78, 5) is 26.1. The minimum absolute atomic E-state index is 0.00737. The summed E-state index contributed by atoms with van der Waals surface area (Å²) in [5, 5.41) is 11.3. The zero-order valence-electron chi connectivity index (χ0n) is 20.2. The number of hydrogen-bond acceptors (Lipinski definition) is 4. The first-order valence-corrected chi connectivity index (χ1v) is 12.3. The summed E-state index contributed by atoms with van der Waals surface area (Å²) in [5.41, 5.74) is 3.79. The van der Waals surface area contributed by atoms with Gasteiger partial charge in [0, 0.05) is 18.4 Å². The maximum atomic E-state index is 12.6. The van der Waals surface area contributed by atoms with E-state index in [1.54, 1.807) is 12.1 Å². The van der Waals surface area contributed by atoms with Gasteiger partial charge in [-0.3, -0.25) is 4.79 Å². The molecule has 0 bridgehead atoms. The second-order valence-electron chi connectivity index (χ2n) is 9.69. The summed E-state index contributed by atoms with van der Waals surface area (Å²) in [5.74, 6) is -0.194. The Morgan fingerprint density at radius 1 is 1.15 bits per heavy atom. The Morgan fingerprint density at radius 3 is 2.47 bits per heavy atom. The smallest absolute Gasteiger partial charge is 0.337 e. The van der Waals surface area contributed by atoms with E-state index < -0.39 is 6.10 Å². The highest BCUT2D eigenvalue weighted by molar-refractivity contribution is 5.89. The number of carbonyl (C=O) groups is 2. The van der Waals surface area contributed by atoms with E-state index >= 15 is 0 Å². The SMILES string of the molecule is COC(=O)c1ccc(CCN2C(=O)CC[C@@H]2/C=C/C(O)C2(c3ccc(C)cc3)CCCC2)cc1. The van der Waals surface area contributed by atoms with Gasteiger partial charge in [-0.15, -0.1) is 0 Å². The van der Waals surface area contributed by atoms with Crippen molar-refractivity contribution >= 4 is 11.9 Å². The fourth-order valence-corrected chi connectivity index (χ4v) is 5.49. The number of carbonyl (C=O) groups excluding carboxylic acids is 2. The van der Waals surface area contributed by atoms with Crippen molar-refractivity contribution in [1.82, 2.24) is 4.90 Å². The Balaban J connectivity index is 1.42. The molecule has 2 aliphatic rings. The number of hydrogen-bond donors (Lipinski definition) is 1. The second-order valence-corrected chi connectivity index (χ2v) is 9.69. The van der Waals surface area contributed by atoms with Crippen LogP contribution in [0.25, 0.3) is 0 Å². The molecule has 1 aliphatic carbocycles. The lowest BCUT2D eigenvalue weighted by atomic mass is 9.73. The lowest BCUT2D eigenvalue weighted by Gasteiger charge is -2.34. The summed E-state index contributed by atoms with van der Waals surface area (Å²) in [7, 11) is 1.37. The summed E-state index contributed by atoms with van der Waals surface area (Å²) in [6.45, 7) is 2.70. The number of esters is 1. The first kappa shape index (κ1) is 24.2. The number of likely N-dealkylation sites (tertiary alicyclic amines) is 1. The van der Waals surface area contributed by atoms with E-state index in [0.29, 0.717) is 24.9 Å². The van der Waals surface area contributed by atoms with Gasteiger partial charge in [-0.1, -0.05) is 67.0 Å². The number of benzene rings is 2. The predicted molar refractivity (Wildman–Crippen MR) is 133 cm³/mol. The van der Waals surface area contributed by atoms with Gasteiger partial charge in [-0.05, 0) is 55.9 Å². The number of methoxy groups -OCH3 is 1. The molecule has 1 N–H and O–H groups in total. The minimum atomic E-state index is -0.568. The molecule has 2 aromatic rings. The Morgan fingerprint density at radius 2 is 1.82 bits per heavy atom. The van der Waals surface area contributed by atoms with Crippen LogP contribution < -0.4 is 0 Å². The first-order chi connectivity index (χ1) is 16.4. The van der Waals surface area contributed by atoms with Crippen LogP contribution in [0.4, 0.5) is 0 Å². The van der Waals surface area contributed by atoms with Crippen molar-refractivity contribution in [2.75, 3.05) is 13.7 Å². The largest absolute Gasteiger partial charge is 0.465 e. The van der Waals surface area contributed by atoms with Crippen molar-refractivity contribution in [2.24, 2.45) is 0 Å². The van der Waals surface area contributed by atoms with Gasteiger partial charge in [0.25, 0.3) is 0 Å². The van der Waals surface area contributed by atoms with Crippen molar-refractivity contribution < 1.29 is 19.4 Å². The fraction of sp³-hybridized carbons (Fsp3) is 0.448. The highest BCUT2D eigenvalue weighted by atomic mass is 16.5. The normalized spacial score (nSPS) is 20.7. The molecule has 5 nitrogen and oxygen atoms in total. The highest BCUT2D eigenvalue weighted by Crippen LogP contribution is 2.44. The van der Waals surface area contributed by atoms with Crippen molar-refractivity contribution in [3.05, 3.63) is 82.9 Å². The van der Waals surface area contributed by atoms with Crippen molar-refractivity contribution in [3.63, 3.8) is 0 Å². The number of aryl methyl sites for hydroxylation is 1. The van der Waals surface area contributed by atoms with E-state index in [9.17, 15) is 14.7 Å². The van der Waals surface area contributed by atoms with Gasteiger partial charge in [-0.25, -0.2) is 4.79 Å². The third-order valence-electron chi connectivity index (χ3n) is 7.60. The summed E-state index contributed by atoms with van der Waals surface area (Å²) in [6.07, 6.45) is 9.66. The molecule has 0 aromatic heterocycles. The van der Waals surface area contributed by atoms with Gasteiger partial charge in [-0.2, -0.15) is 0 Å². The molecule has 2 atom stereocenters. The maximum absolute atomic E-state index is 12.6. The summed E-state index contributed by atoms with van der Waals surface area (Å²) >= 11 is 0. The van der Waals surface area contributed by atoms with Crippen LogP contribution in [0.5, 0.6) is 0 Å². The molecular weight excluding hydrogens is 426 g/mol. The van der Waals surface area contributed by atoms with Gasteiger partial charge < -0.3 is 14.7 Å². The third kappa shape index (κ3) is 5.10. The molecule has 1 saturated heterocycles. The third-order valence-corrected chi connectivity index (χ3v) is 7.60. The quantitative estimate of drug-likeness (QED) is 0.455. The zero-order chi connectivity index (χ0) is 24.1. The molecule has 5 heteroatoms. The van der Waals surface area contributed by atoms with Crippen LogP contribution in [0.2, 0.25) is 0 Å². The average Bonchev–Trinajstić information content (AvgIpc) is 3.49. The molecule has 2 fully saturated rings. The summed E-state index contributed by atoms with van der Waals surface area (Å²) in [6, 6.07) is 15.9. The molecule has 4 rings (SSSR count). The maximum Gasteiger partial charge on any atom is 0.337 e. The van der Waals surface area contributed by atoms with Gasteiger partial charge in [0.05, 0.1) is 24.8 Å². The van der Waals surface area contributed by atoms with Gasteiger partial charge in [0.1, 0.15) is 0 Å². The predicted octanol–water partition coefficient (Wildman–Crippen LogP) is 4.74. The van der Waals surface area contributed by atoms with Gasteiger partial charge in [0.2, 0.25) is 5.91 Å². The molecular formula is C29H35NO4. The molecule has 1 aliphatic heterocycles. The van der Waals surface area contributed by atoms with E-state index in [4.69, 9.17) is 4.74 Å². The molecule has 1 heterocycles. The van der Waals surface area contributed by atoms with Gasteiger partial charge in [0.15, 0.2) is 0 Å². The minimum Gasteiger partial charge on any atom is -0.465 e. The van der Waals surface area contributed by atoms with Crippen LogP contribution in [0, 0.1) is 6.92 Å². The Labute approximate surface area is 202 Å². The van der Waals surface area contributed by atoms with Crippen LogP contribution >= 0.6 is 0 Å². The molecule has 2 aromatic carbocycles. The van der Waals surface area contributed by atoms with E-state index in [1.807, 2.05) is 29.2 Å². The van der Waals surface area contributed by atoms with E-state index in [2.05, 4.69) is 31.2 Å². The van der Waals surface area contributed by atoms with Crippen LogP contribution in [0.3, 0.4) is 0 Å². The second kappa shape index (κ2) is 10.6. The Kier molecular flexibility index (Phi) is 7.52. The molecule has 1 amide bonds. The Hall–Kier alpha value is -2.92. The number of aliphatic hydroxyl groups excluding tert-OH is 1. The van der Waals surface area contributed by atoms with Crippen LogP contribution in [0.1, 0.15) is 65.6 Å². The zero-order valence-corrected chi connectivity index (χ0v) is 20.2. The fourth-order valence-electron chi connectivity index (χ4n) is 5.49. The van der Waals surface area contributed by atoms with Crippen molar-refractivity contribution in [2.45, 2.75) is 69.4 Å². The van der Waals surface area contributed by atoms with Crippen LogP contribution in [-0.4, -0.2) is 47.7 Å². The average molecular weight is 462 g/mol. The van der Waals surface area contributed by atoms with Crippen molar-refractivity contribution in [1.29, 1.82) is 0 Å². The topological polar surface area (TPSA) is 66.8 Å². The lowest BCUT2D eigenvalue weighted by molar-refractivity contribution is -0.128. The van der Waals surface area contributed by atoms with Gasteiger partial charge >= 0.3 is 5.97 Å². The molecule has 180 valence electrons. The number of rotatable bonds is 8. The molecule has 1 unspecified atom stereocenters. The lowest BCUT2D eigenvalue weighted by Crippen LogP contribution is -2.37. The van der Waals surface area contributed by atoms with E-state index in [1.165, 1.54) is 18.2 Å². The molecule has 1 saturated carbocycles. The van der Waals surface area contributed by atoms with E-state index in [-0.39, 0.29) is 23.3 Å². The highest BCUT2D eigenvalue weighted by Gasteiger charge is 2.41. The molecule has 0 radical (unpaired) electrons. The Bertz CT molecular complexity index is 1020. The van der Waals surface area contributed by atoms with Crippen LogP contribution in [-0.2, 0) is 21.4 Å². The molecule has 0 spiro atoms. The molecule has 34 heavy (non-hydrogen) atoms.